The van der Waals surface area contributed by atoms with Crippen LogP contribution in [-0.2, 0) is 9.53 Å². The van der Waals surface area contributed by atoms with Crippen LogP contribution in [0.1, 0.15) is 18.9 Å². The van der Waals surface area contributed by atoms with Gasteiger partial charge in [0.2, 0.25) is 5.91 Å². The topological polar surface area (TPSA) is 53.9 Å². The Hall–Kier alpha value is -1.88. The van der Waals surface area contributed by atoms with E-state index in [1.807, 2.05) is 6.92 Å². The maximum absolute atomic E-state index is 11.3. The molecule has 1 aromatic rings. The van der Waals surface area contributed by atoms with Gasteiger partial charge in [-0.1, -0.05) is 19.1 Å². The summed E-state index contributed by atoms with van der Waals surface area (Å²) in [5.41, 5.74) is 5.81. The van der Waals surface area contributed by atoms with E-state index in [0.717, 1.165) is 37.6 Å². The van der Waals surface area contributed by atoms with E-state index >= 15 is 0 Å². The number of hydrazone groups is 1. The highest BCUT2D eigenvalue weighted by Gasteiger charge is 2.21. The van der Waals surface area contributed by atoms with Crippen LogP contribution in [0.2, 0.25) is 0 Å². The van der Waals surface area contributed by atoms with Crippen LogP contribution in [0.4, 0.5) is 5.69 Å². The quantitative estimate of drug-likeness (QED) is 0.885. The number of carbonyl (C=O) groups is 1. The summed E-state index contributed by atoms with van der Waals surface area (Å²) in [6.45, 7) is 5.49. The average Bonchev–Trinajstić information content (AvgIpc) is 2.48. The van der Waals surface area contributed by atoms with Crippen LogP contribution in [0.15, 0.2) is 29.4 Å². The SMILES string of the molecule is C[C@@H]1CC(=O)NN=C1c1ccc(N2CCOCC2)cc1. The molecule has 1 atom stereocenters. The Balaban J connectivity index is 1.77. The van der Waals surface area contributed by atoms with Crippen LogP contribution in [-0.4, -0.2) is 37.9 Å². The molecule has 0 spiro atoms. The number of amides is 1. The summed E-state index contributed by atoms with van der Waals surface area (Å²) in [5, 5.41) is 4.19. The third kappa shape index (κ3) is 2.67. The summed E-state index contributed by atoms with van der Waals surface area (Å²) in [7, 11) is 0. The minimum atomic E-state index is -0.00816. The second-order valence-electron chi connectivity index (χ2n) is 5.28. The molecule has 1 saturated heterocycles. The molecule has 2 aliphatic heterocycles. The Morgan fingerprint density at radius 1 is 1.25 bits per heavy atom. The molecular weight excluding hydrogens is 254 g/mol. The van der Waals surface area contributed by atoms with Crippen LogP contribution >= 0.6 is 0 Å². The first-order valence-electron chi connectivity index (χ1n) is 7.03. The summed E-state index contributed by atoms with van der Waals surface area (Å²) in [6.07, 6.45) is 0.504. The lowest BCUT2D eigenvalue weighted by Gasteiger charge is -2.29. The summed E-state index contributed by atoms with van der Waals surface area (Å²) < 4.78 is 5.36. The Bertz CT molecular complexity index is 518. The smallest absolute Gasteiger partial charge is 0.240 e. The molecule has 1 N–H and O–H groups in total. The van der Waals surface area contributed by atoms with E-state index in [9.17, 15) is 4.79 Å². The maximum atomic E-state index is 11.3. The highest BCUT2D eigenvalue weighted by atomic mass is 16.5. The third-order valence-electron chi connectivity index (χ3n) is 3.80. The monoisotopic (exact) mass is 273 g/mol. The Labute approximate surface area is 118 Å². The molecule has 0 unspecified atom stereocenters. The third-order valence-corrected chi connectivity index (χ3v) is 3.80. The first-order valence-corrected chi connectivity index (χ1v) is 7.03. The summed E-state index contributed by atoms with van der Waals surface area (Å²) in [5.74, 6) is 0.157. The number of ether oxygens (including phenoxy) is 1. The number of benzene rings is 1. The summed E-state index contributed by atoms with van der Waals surface area (Å²) >= 11 is 0. The Morgan fingerprint density at radius 3 is 2.60 bits per heavy atom. The second-order valence-corrected chi connectivity index (χ2v) is 5.28. The number of nitrogens with zero attached hydrogens (tertiary/aromatic N) is 2. The standard InChI is InChI=1S/C15H19N3O2/c1-11-10-14(19)16-17-15(11)12-2-4-13(5-3-12)18-6-8-20-9-7-18/h2-5,11H,6-10H2,1H3,(H,16,19)/t11-/m1/s1. The lowest BCUT2D eigenvalue weighted by molar-refractivity contribution is -0.121. The number of hydrogen-bond acceptors (Lipinski definition) is 4. The van der Waals surface area contributed by atoms with E-state index in [1.165, 1.54) is 5.69 Å². The average molecular weight is 273 g/mol. The molecule has 2 heterocycles. The molecule has 0 radical (unpaired) electrons. The van der Waals surface area contributed by atoms with Crippen LogP contribution in [0.5, 0.6) is 0 Å². The first-order chi connectivity index (χ1) is 9.74. The van der Waals surface area contributed by atoms with E-state index < -0.39 is 0 Å². The molecule has 1 fully saturated rings. The zero-order chi connectivity index (χ0) is 13.9. The molecule has 1 amide bonds. The van der Waals surface area contributed by atoms with Gasteiger partial charge in [-0.15, -0.1) is 0 Å². The maximum Gasteiger partial charge on any atom is 0.240 e. The van der Waals surface area contributed by atoms with Crippen molar-refractivity contribution < 1.29 is 9.53 Å². The van der Waals surface area contributed by atoms with Crippen molar-refractivity contribution in [2.24, 2.45) is 11.0 Å². The fraction of sp³-hybridized carbons (Fsp3) is 0.467. The van der Waals surface area contributed by atoms with Crippen molar-refractivity contribution in [1.82, 2.24) is 5.43 Å². The summed E-state index contributed by atoms with van der Waals surface area (Å²) in [6, 6.07) is 8.40. The molecule has 3 rings (SSSR count). The van der Waals surface area contributed by atoms with Crippen molar-refractivity contribution in [2.45, 2.75) is 13.3 Å². The fourth-order valence-electron chi connectivity index (χ4n) is 2.67. The van der Waals surface area contributed by atoms with Crippen molar-refractivity contribution in [3.8, 4) is 0 Å². The normalized spacial score (nSPS) is 23.2. The number of hydrogen-bond donors (Lipinski definition) is 1. The zero-order valence-electron chi connectivity index (χ0n) is 11.6. The lowest BCUT2D eigenvalue weighted by Crippen LogP contribution is -2.36. The molecule has 0 bridgehead atoms. The van der Waals surface area contributed by atoms with Crippen molar-refractivity contribution in [2.75, 3.05) is 31.2 Å². The largest absolute Gasteiger partial charge is 0.378 e. The molecule has 2 aliphatic rings. The van der Waals surface area contributed by atoms with Gasteiger partial charge in [-0.25, -0.2) is 5.43 Å². The first kappa shape index (κ1) is 13.1. The van der Waals surface area contributed by atoms with Gasteiger partial charge in [0, 0.05) is 31.1 Å². The van der Waals surface area contributed by atoms with Gasteiger partial charge in [0.05, 0.1) is 18.9 Å². The number of rotatable bonds is 2. The molecule has 106 valence electrons. The van der Waals surface area contributed by atoms with E-state index in [-0.39, 0.29) is 11.8 Å². The molecule has 5 heteroatoms. The second kappa shape index (κ2) is 5.63. The summed E-state index contributed by atoms with van der Waals surface area (Å²) in [4.78, 5) is 13.6. The number of carbonyl (C=O) groups excluding carboxylic acids is 1. The molecule has 0 aliphatic carbocycles. The molecule has 5 nitrogen and oxygen atoms in total. The molecule has 20 heavy (non-hydrogen) atoms. The number of morpholine rings is 1. The van der Waals surface area contributed by atoms with Crippen molar-refractivity contribution in [3.63, 3.8) is 0 Å². The van der Waals surface area contributed by atoms with Gasteiger partial charge in [-0.3, -0.25) is 4.79 Å². The minimum absolute atomic E-state index is 0.00816. The number of nitrogens with one attached hydrogen (secondary N) is 1. The Morgan fingerprint density at radius 2 is 1.95 bits per heavy atom. The van der Waals surface area contributed by atoms with Gasteiger partial charge in [0.15, 0.2) is 0 Å². The minimum Gasteiger partial charge on any atom is -0.378 e. The van der Waals surface area contributed by atoms with Crippen LogP contribution < -0.4 is 10.3 Å². The highest BCUT2D eigenvalue weighted by Crippen LogP contribution is 2.21. The predicted molar refractivity (Wildman–Crippen MR) is 77.9 cm³/mol. The predicted octanol–water partition coefficient (Wildman–Crippen LogP) is 1.38. The van der Waals surface area contributed by atoms with Crippen LogP contribution in [0.25, 0.3) is 0 Å². The van der Waals surface area contributed by atoms with Crippen molar-refractivity contribution in [3.05, 3.63) is 29.8 Å². The number of anilines is 1. The Kier molecular flexibility index (Phi) is 3.69. The zero-order valence-corrected chi connectivity index (χ0v) is 11.6. The van der Waals surface area contributed by atoms with E-state index in [4.69, 9.17) is 4.74 Å². The molecular formula is C15H19N3O2. The van der Waals surface area contributed by atoms with Crippen LogP contribution in [0, 0.1) is 5.92 Å². The fourth-order valence-corrected chi connectivity index (χ4v) is 2.67. The van der Waals surface area contributed by atoms with Gasteiger partial charge in [-0.2, -0.15) is 5.10 Å². The molecule has 0 aromatic heterocycles. The lowest BCUT2D eigenvalue weighted by atomic mass is 9.94. The van der Waals surface area contributed by atoms with E-state index in [2.05, 4.69) is 39.7 Å². The highest BCUT2D eigenvalue weighted by molar-refractivity contribution is 6.05. The van der Waals surface area contributed by atoms with E-state index in [0.29, 0.717) is 6.42 Å². The van der Waals surface area contributed by atoms with Gasteiger partial charge in [0.1, 0.15) is 0 Å². The van der Waals surface area contributed by atoms with Gasteiger partial charge < -0.3 is 9.64 Å². The van der Waals surface area contributed by atoms with E-state index in [1.54, 1.807) is 0 Å². The van der Waals surface area contributed by atoms with Crippen molar-refractivity contribution >= 4 is 17.3 Å². The van der Waals surface area contributed by atoms with Gasteiger partial charge >= 0.3 is 0 Å². The molecule has 1 aromatic carbocycles. The van der Waals surface area contributed by atoms with Gasteiger partial charge in [-0.05, 0) is 17.7 Å². The van der Waals surface area contributed by atoms with Gasteiger partial charge in [0.25, 0.3) is 0 Å². The van der Waals surface area contributed by atoms with Crippen LogP contribution in [0.3, 0.4) is 0 Å². The molecule has 0 saturated carbocycles. The van der Waals surface area contributed by atoms with Crippen molar-refractivity contribution in [1.29, 1.82) is 0 Å².